The van der Waals surface area contributed by atoms with Crippen LogP contribution >= 0.6 is 0 Å². The molecule has 3 nitrogen and oxygen atoms in total. The van der Waals surface area contributed by atoms with Gasteiger partial charge in [0.1, 0.15) is 18.0 Å². The highest BCUT2D eigenvalue weighted by Crippen LogP contribution is 2.47. The molecule has 35 heavy (non-hydrogen) atoms. The van der Waals surface area contributed by atoms with Crippen LogP contribution in [0.15, 0.2) is 71.3 Å². The number of aryl methyl sites for hydroxylation is 3. The second kappa shape index (κ2) is 6.54. The van der Waals surface area contributed by atoms with Crippen LogP contribution in [0.5, 0.6) is 0 Å². The van der Waals surface area contributed by atoms with Crippen LogP contribution in [0.1, 0.15) is 20.8 Å². The maximum absolute atomic E-state index is 14.3. The Kier molecular flexibility index (Phi) is 3.25. The minimum atomic E-state index is -4.64. The number of nitrogens with zero attached hydrogens (tertiary/aromatic N) is 2. The molecule has 7 rings (SSSR count). The van der Waals surface area contributed by atoms with Crippen LogP contribution in [0.4, 0.5) is 13.2 Å². The number of para-hydroxylation sites is 2. The molecule has 0 saturated heterocycles. The summed E-state index contributed by atoms with van der Waals surface area (Å²) in [7, 11) is 1.58. The summed E-state index contributed by atoms with van der Waals surface area (Å²) >= 11 is 0. The molecule has 0 atom stereocenters. The van der Waals surface area contributed by atoms with Crippen LogP contribution in [0.2, 0.25) is 0 Å². The van der Waals surface area contributed by atoms with Gasteiger partial charge in [-0.15, -0.1) is 0 Å². The zero-order chi connectivity index (χ0) is 26.7. The van der Waals surface area contributed by atoms with Crippen molar-refractivity contribution in [1.29, 1.82) is 0 Å². The van der Waals surface area contributed by atoms with Crippen LogP contribution < -0.4 is 4.57 Å². The number of rotatable bonds is 1. The Morgan fingerprint density at radius 3 is 2.46 bits per heavy atom. The van der Waals surface area contributed by atoms with E-state index in [0.29, 0.717) is 33.3 Å². The lowest BCUT2D eigenvalue weighted by Crippen LogP contribution is -2.33. The van der Waals surface area contributed by atoms with E-state index in [0.717, 1.165) is 33.4 Å². The first-order valence-corrected chi connectivity index (χ1v) is 11.2. The third kappa shape index (κ3) is 2.54. The molecule has 7 aromatic rings. The molecule has 4 aromatic heterocycles. The number of hydrogen-bond acceptors (Lipinski definition) is 1. The van der Waals surface area contributed by atoms with Gasteiger partial charge in [0, 0.05) is 25.8 Å². The normalized spacial score (nSPS) is 14.5. The van der Waals surface area contributed by atoms with Gasteiger partial charge in [-0.25, -0.2) is 0 Å². The number of fused-ring (bicyclic) bond motifs is 8. The largest absolute Gasteiger partial charge is 0.453 e. The fourth-order valence-corrected chi connectivity index (χ4v) is 5.61. The van der Waals surface area contributed by atoms with Crippen LogP contribution in [-0.4, -0.2) is 4.40 Å². The van der Waals surface area contributed by atoms with Crippen molar-refractivity contribution in [1.82, 2.24) is 4.40 Å². The third-order valence-corrected chi connectivity index (χ3v) is 6.99. The van der Waals surface area contributed by atoms with Gasteiger partial charge in [-0.05, 0) is 37.5 Å². The summed E-state index contributed by atoms with van der Waals surface area (Å²) in [5.41, 5.74) is 3.57. The lowest BCUT2D eigenvalue weighted by molar-refractivity contribution is -0.660. The first-order valence-electron chi connectivity index (χ1n) is 12.7. The van der Waals surface area contributed by atoms with E-state index >= 15 is 0 Å². The van der Waals surface area contributed by atoms with E-state index in [1.165, 1.54) is 10.6 Å². The Morgan fingerprint density at radius 1 is 0.914 bits per heavy atom. The predicted octanol–water partition coefficient (Wildman–Crippen LogP) is 7.71. The van der Waals surface area contributed by atoms with Crippen molar-refractivity contribution < 1.29 is 26.3 Å². The van der Waals surface area contributed by atoms with Gasteiger partial charge in [-0.3, -0.25) is 0 Å². The number of furan rings is 1. The topological polar surface area (TPSA) is 21.4 Å². The highest BCUT2D eigenvalue weighted by atomic mass is 19.4. The SMILES string of the molecule is [2H]C([2H])([2H])c1ccc(-c2c3c(oc4c5cccc6c7ccccc7n(c65)c43)c(C(F)(F)F)c[n+]2C)c(C)c1. The Hall–Kier alpha value is -4.06. The van der Waals surface area contributed by atoms with E-state index in [4.69, 9.17) is 8.53 Å². The summed E-state index contributed by atoms with van der Waals surface area (Å²) in [5, 5.41) is 3.07. The van der Waals surface area contributed by atoms with E-state index < -0.39 is 18.6 Å². The molecule has 0 aliphatic heterocycles. The van der Waals surface area contributed by atoms with Gasteiger partial charge >= 0.3 is 6.18 Å². The molecule has 3 aromatic carbocycles. The van der Waals surface area contributed by atoms with Gasteiger partial charge in [0.05, 0.1) is 11.0 Å². The van der Waals surface area contributed by atoms with E-state index in [1.807, 2.05) is 46.9 Å². The molecular weight excluding hydrogens is 449 g/mol. The van der Waals surface area contributed by atoms with E-state index in [-0.39, 0.29) is 11.1 Å². The Bertz CT molecular complexity index is 2080. The molecule has 6 heteroatoms. The van der Waals surface area contributed by atoms with Crippen molar-refractivity contribution in [3.05, 3.63) is 83.6 Å². The standard InChI is InChI=1S/C29H20F3N2O/c1-15-11-12-17(16(2)13-15)25-23-26-27(35-28(23)21(14-33(25)3)29(30,31)32)20-9-6-8-19-18-7-4-5-10-22(18)34(26)24(19)20/h4-14H,1-3H3/q+1/i1D3. The van der Waals surface area contributed by atoms with E-state index in [9.17, 15) is 13.2 Å². The van der Waals surface area contributed by atoms with Crippen LogP contribution in [-0.2, 0) is 13.2 Å². The zero-order valence-electron chi connectivity index (χ0n) is 21.8. The van der Waals surface area contributed by atoms with Gasteiger partial charge in [0.25, 0.3) is 0 Å². The van der Waals surface area contributed by atoms with Crippen molar-refractivity contribution in [3.8, 4) is 11.3 Å². The van der Waals surface area contributed by atoms with Crippen LogP contribution in [0.3, 0.4) is 0 Å². The molecule has 0 radical (unpaired) electrons. The first-order chi connectivity index (χ1) is 18.0. The molecule has 0 N–H and O–H groups in total. The van der Waals surface area contributed by atoms with Gasteiger partial charge in [0.15, 0.2) is 22.9 Å². The molecule has 0 fully saturated rings. The minimum absolute atomic E-state index is 0.174. The predicted molar refractivity (Wildman–Crippen MR) is 132 cm³/mol. The number of pyridine rings is 1. The fraction of sp³-hybridized carbons (Fsp3) is 0.138. The lowest BCUT2D eigenvalue weighted by Gasteiger charge is -2.11. The number of benzene rings is 3. The number of alkyl halides is 3. The minimum Gasteiger partial charge on any atom is -0.453 e. The van der Waals surface area contributed by atoms with Crippen molar-refractivity contribution >= 4 is 49.3 Å². The second-order valence-corrected chi connectivity index (χ2v) is 9.07. The molecule has 0 spiro atoms. The Morgan fingerprint density at radius 2 is 1.69 bits per heavy atom. The highest BCUT2D eigenvalue weighted by molar-refractivity contribution is 6.27. The molecule has 0 saturated carbocycles. The second-order valence-electron chi connectivity index (χ2n) is 9.07. The van der Waals surface area contributed by atoms with Crippen molar-refractivity contribution in [2.24, 2.45) is 7.05 Å². The molecule has 0 unspecified atom stereocenters. The van der Waals surface area contributed by atoms with Gasteiger partial charge in [-0.1, -0.05) is 48.0 Å². The summed E-state index contributed by atoms with van der Waals surface area (Å²) in [5.74, 6) is 0. The lowest BCUT2D eigenvalue weighted by atomic mass is 9.98. The third-order valence-electron chi connectivity index (χ3n) is 6.99. The van der Waals surface area contributed by atoms with Crippen molar-refractivity contribution in [2.75, 3.05) is 0 Å². The maximum atomic E-state index is 14.3. The zero-order valence-corrected chi connectivity index (χ0v) is 18.8. The molecule has 0 aliphatic carbocycles. The maximum Gasteiger partial charge on any atom is 0.425 e. The fourth-order valence-electron chi connectivity index (χ4n) is 5.61. The van der Waals surface area contributed by atoms with E-state index in [1.54, 1.807) is 26.1 Å². The Labute approximate surface area is 202 Å². The van der Waals surface area contributed by atoms with Crippen molar-refractivity contribution in [3.63, 3.8) is 0 Å². The van der Waals surface area contributed by atoms with Gasteiger partial charge in [0.2, 0.25) is 5.69 Å². The first kappa shape index (κ1) is 17.4. The average molecular weight is 473 g/mol. The molecular formula is C29H20F3N2O+. The molecule has 0 amide bonds. The highest BCUT2D eigenvalue weighted by Gasteiger charge is 2.41. The summed E-state index contributed by atoms with van der Waals surface area (Å²) in [6, 6.07) is 18.3. The summed E-state index contributed by atoms with van der Waals surface area (Å²) in [4.78, 5) is 0. The number of hydrogen-bond donors (Lipinski definition) is 0. The number of aromatic nitrogens is 2. The molecule has 172 valence electrons. The molecule has 0 bridgehead atoms. The van der Waals surface area contributed by atoms with Crippen LogP contribution in [0.25, 0.3) is 60.5 Å². The quantitative estimate of drug-likeness (QED) is 0.224. The number of halogens is 3. The summed E-state index contributed by atoms with van der Waals surface area (Å²) in [6.07, 6.45) is -3.60. The average Bonchev–Trinajstić information content (AvgIpc) is 3.49. The smallest absolute Gasteiger partial charge is 0.425 e. The molecule has 0 aliphatic rings. The molecule has 4 heterocycles. The Balaban J connectivity index is 1.74. The summed E-state index contributed by atoms with van der Waals surface area (Å²) < 4.78 is 75.9. The van der Waals surface area contributed by atoms with Crippen LogP contribution in [0, 0.1) is 13.8 Å². The van der Waals surface area contributed by atoms with E-state index in [2.05, 4.69) is 0 Å². The van der Waals surface area contributed by atoms with Gasteiger partial charge in [-0.2, -0.15) is 17.7 Å². The summed E-state index contributed by atoms with van der Waals surface area (Å²) in [6.45, 7) is -0.526. The monoisotopic (exact) mass is 472 g/mol. The van der Waals surface area contributed by atoms with Gasteiger partial charge < -0.3 is 8.82 Å². The van der Waals surface area contributed by atoms with Crippen molar-refractivity contribution in [2.45, 2.75) is 20.0 Å².